The summed E-state index contributed by atoms with van der Waals surface area (Å²) in [5.41, 5.74) is 3.46. The Morgan fingerprint density at radius 1 is 1.23 bits per heavy atom. The second-order valence-corrected chi connectivity index (χ2v) is 8.03. The second-order valence-electron chi connectivity index (χ2n) is 7.09. The molecule has 0 N–H and O–H groups in total. The Kier molecular flexibility index (Phi) is 6.01. The maximum atomic E-state index is 12.8. The fraction of sp³-hybridized carbons (Fsp3) is 0.550. The molecule has 3 rings (SSSR count). The summed E-state index contributed by atoms with van der Waals surface area (Å²) in [5.74, 6) is 1.48. The van der Waals surface area contributed by atoms with Gasteiger partial charge in [-0.15, -0.1) is 10.2 Å². The van der Waals surface area contributed by atoms with E-state index in [1.54, 1.807) is 0 Å². The SMILES string of the molecule is CCC1CCCCN1C(=O)CSc1nnc(C)n1-c1cc(C)ccc1C. The van der Waals surface area contributed by atoms with Crippen molar-refractivity contribution in [2.45, 2.75) is 64.6 Å². The Balaban J connectivity index is 1.77. The summed E-state index contributed by atoms with van der Waals surface area (Å²) >= 11 is 1.49. The Hall–Kier alpha value is -1.82. The third kappa shape index (κ3) is 3.95. The maximum Gasteiger partial charge on any atom is 0.233 e. The fourth-order valence-corrected chi connectivity index (χ4v) is 4.51. The number of amides is 1. The van der Waals surface area contributed by atoms with Crippen molar-refractivity contribution in [3.05, 3.63) is 35.2 Å². The number of piperidine rings is 1. The summed E-state index contributed by atoms with van der Waals surface area (Å²) in [6.07, 6.45) is 4.51. The van der Waals surface area contributed by atoms with Gasteiger partial charge < -0.3 is 4.90 Å². The number of hydrogen-bond acceptors (Lipinski definition) is 4. The molecule has 1 unspecified atom stereocenters. The van der Waals surface area contributed by atoms with E-state index >= 15 is 0 Å². The van der Waals surface area contributed by atoms with Gasteiger partial charge >= 0.3 is 0 Å². The lowest BCUT2D eigenvalue weighted by molar-refractivity contribution is -0.132. The highest BCUT2D eigenvalue weighted by Crippen LogP contribution is 2.26. The van der Waals surface area contributed by atoms with Crippen LogP contribution in [0.2, 0.25) is 0 Å². The van der Waals surface area contributed by atoms with Gasteiger partial charge in [-0.2, -0.15) is 0 Å². The van der Waals surface area contributed by atoms with Crippen molar-refractivity contribution >= 4 is 17.7 Å². The van der Waals surface area contributed by atoms with Crippen LogP contribution in [0.15, 0.2) is 23.4 Å². The molecule has 5 nitrogen and oxygen atoms in total. The normalized spacial score (nSPS) is 17.5. The highest BCUT2D eigenvalue weighted by Gasteiger charge is 2.26. The summed E-state index contributed by atoms with van der Waals surface area (Å²) in [4.78, 5) is 14.8. The number of thioether (sulfide) groups is 1. The molecule has 0 radical (unpaired) electrons. The van der Waals surface area contributed by atoms with Crippen LogP contribution in [-0.2, 0) is 4.79 Å². The molecule has 26 heavy (non-hydrogen) atoms. The lowest BCUT2D eigenvalue weighted by Gasteiger charge is -2.35. The first-order valence-corrected chi connectivity index (χ1v) is 10.4. The molecule has 1 fully saturated rings. The summed E-state index contributed by atoms with van der Waals surface area (Å²) in [7, 11) is 0. The minimum Gasteiger partial charge on any atom is -0.339 e. The van der Waals surface area contributed by atoms with E-state index in [0.29, 0.717) is 11.8 Å². The highest BCUT2D eigenvalue weighted by molar-refractivity contribution is 7.99. The molecule has 1 aliphatic rings. The number of rotatable bonds is 5. The van der Waals surface area contributed by atoms with Gasteiger partial charge in [-0.1, -0.05) is 30.8 Å². The number of nitrogens with zero attached hydrogens (tertiary/aromatic N) is 4. The quantitative estimate of drug-likeness (QED) is 0.742. The van der Waals surface area contributed by atoms with E-state index in [1.165, 1.54) is 29.3 Å². The zero-order valence-corrected chi connectivity index (χ0v) is 17.0. The van der Waals surface area contributed by atoms with Gasteiger partial charge in [0.05, 0.1) is 11.4 Å². The van der Waals surface area contributed by atoms with E-state index in [0.717, 1.165) is 42.5 Å². The van der Waals surface area contributed by atoms with E-state index in [-0.39, 0.29) is 5.91 Å². The van der Waals surface area contributed by atoms with Crippen molar-refractivity contribution in [1.82, 2.24) is 19.7 Å². The van der Waals surface area contributed by atoms with E-state index in [1.807, 2.05) is 6.92 Å². The summed E-state index contributed by atoms with van der Waals surface area (Å²) in [6.45, 7) is 9.19. The van der Waals surface area contributed by atoms with E-state index in [4.69, 9.17) is 0 Å². The molecule has 6 heteroatoms. The van der Waals surface area contributed by atoms with E-state index in [9.17, 15) is 4.79 Å². The minimum absolute atomic E-state index is 0.217. The van der Waals surface area contributed by atoms with Crippen molar-refractivity contribution in [1.29, 1.82) is 0 Å². The summed E-state index contributed by atoms with van der Waals surface area (Å²) in [5, 5.41) is 9.36. The molecule has 0 bridgehead atoms. The molecule has 0 aliphatic carbocycles. The number of benzene rings is 1. The van der Waals surface area contributed by atoms with Crippen molar-refractivity contribution in [2.75, 3.05) is 12.3 Å². The zero-order valence-electron chi connectivity index (χ0n) is 16.2. The lowest BCUT2D eigenvalue weighted by atomic mass is 10.0. The number of carbonyl (C=O) groups is 1. The van der Waals surface area contributed by atoms with Gasteiger partial charge in [0, 0.05) is 12.6 Å². The van der Waals surface area contributed by atoms with E-state index < -0.39 is 0 Å². The first kappa shape index (κ1) is 19.0. The smallest absolute Gasteiger partial charge is 0.233 e. The van der Waals surface area contributed by atoms with Crippen molar-refractivity contribution in [3.8, 4) is 5.69 Å². The van der Waals surface area contributed by atoms with Crippen LogP contribution in [0.25, 0.3) is 5.69 Å². The highest BCUT2D eigenvalue weighted by atomic mass is 32.2. The molecule has 1 aromatic carbocycles. The van der Waals surface area contributed by atoms with Crippen LogP contribution in [0.4, 0.5) is 0 Å². The van der Waals surface area contributed by atoms with Gasteiger partial charge in [-0.3, -0.25) is 9.36 Å². The molecule has 0 saturated carbocycles. The molecule has 1 aromatic heterocycles. The number of likely N-dealkylation sites (tertiary alicyclic amines) is 1. The van der Waals surface area contributed by atoms with Crippen molar-refractivity contribution in [3.63, 3.8) is 0 Å². The summed E-state index contributed by atoms with van der Waals surface area (Å²) in [6, 6.07) is 6.77. The fourth-order valence-electron chi connectivity index (χ4n) is 3.64. The molecule has 140 valence electrons. The Bertz CT molecular complexity index is 786. The van der Waals surface area contributed by atoms with Crippen LogP contribution in [0.5, 0.6) is 0 Å². The number of carbonyl (C=O) groups excluding carboxylic acids is 1. The number of aryl methyl sites for hydroxylation is 3. The van der Waals surface area contributed by atoms with Crippen molar-refractivity contribution in [2.24, 2.45) is 0 Å². The third-order valence-corrected chi connectivity index (χ3v) is 6.06. The van der Waals surface area contributed by atoms with Crippen LogP contribution in [0.1, 0.15) is 49.6 Å². The van der Waals surface area contributed by atoms with Gasteiger partial charge in [0.25, 0.3) is 0 Å². The molecular formula is C20H28N4OS. The summed E-state index contributed by atoms with van der Waals surface area (Å²) < 4.78 is 2.06. The predicted octanol–water partition coefficient (Wildman–Crippen LogP) is 4.08. The molecule has 1 atom stereocenters. The average Bonchev–Trinajstić information content (AvgIpc) is 3.02. The zero-order chi connectivity index (χ0) is 18.7. The average molecular weight is 373 g/mol. The first-order valence-electron chi connectivity index (χ1n) is 9.43. The van der Waals surface area contributed by atoms with Crippen LogP contribution in [-0.4, -0.2) is 43.9 Å². The Morgan fingerprint density at radius 2 is 2.04 bits per heavy atom. The topological polar surface area (TPSA) is 51.0 Å². The predicted molar refractivity (Wildman–Crippen MR) is 106 cm³/mol. The monoisotopic (exact) mass is 372 g/mol. The largest absolute Gasteiger partial charge is 0.339 e. The molecule has 1 saturated heterocycles. The Labute approximate surface area is 160 Å². The van der Waals surface area contributed by atoms with Gasteiger partial charge in [0.1, 0.15) is 5.82 Å². The standard InChI is InChI=1S/C20H28N4OS/c1-5-17-8-6-7-11-23(17)19(25)13-26-20-22-21-16(4)24(20)18-12-14(2)9-10-15(18)3/h9-10,12,17H,5-8,11,13H2,1-4H3. The van der Waals surface area contributed by atoms with Gasteiger partial charge in [0.2, 0.25) is 5.91 Å². The second kappa shape index (κ2) is 8.25. The van der Waals surface area contributed by atoms with Crippen molar-refractivity contribution < 1.29 is 4.79 Å². The number of hydrogen-bond donors (Lipinski definition) is 0. The molecule has 2 aromatic rings. The van der Waals surface area contributed by atoms with Gasteiger partial charge in [0.15, 0.2) is 5.16 Å². The van der Waals surface area contributed by atoms with Crippen LogP contribution >= 0.6 is 11.8 Å². The molecule has 1 amide bonds. The third-order valence-electron chi connectivity index (χ3n) is 5.14. The molecule has 1 aliphatic heterocycles. The minimum atomic E-state index is 0.217. The first-order chi connectivity index (χ1) is 12.5. The van der Waals surface area contributed by atoms with Gasteiger partial charge in [-0.25, -0.2) is 0 Å². The van der Waals surface area contributed by atoms with E-state index in [2.05, 4.69) is 58.6 Å². The van der Waals surface area contributed by atoms with Crippen LogP contribution in [0.3, 0.4) is 0 Å². The molecular weight excluding hydrogens is 344 g/mol. The lowest BCUT2D eigenvalue weighted by Crippen LogP contribution is -2.44. The molecule has 0 spiro atoms. The Morgan fingerprint density at radius 3 is 2.81 bits per heavy atom. The van der Waals surface area contributed by atoms with Crippen LogP contribution in [0, 0.1) is 20.8 Å². The van der Waals surface area contributed by atoms with Gasteiger partial charge in [-0.05, 0) is 63.6 Å². The maximum absolute atomic E-state index is 12.8. The number of aromatic nitrogens is 3. The van der Waals surface area contributed by atoms with Crippen LogP contribution < -0.4 is 0 Å². The molecule has 2 heterocycles.